The summed E-state index contributed by atoms with van der Waals surface area (Å²) in [7, 11) is 0. The molecule has 0 unspecified atom stereocenters. The van der Waals surface area contributed by atoms with Crippen LogP contribution in [0.2, 0.25) is 5.02 Å². The summed E-state index contributed by atoms with van der Waals surface area (Å²) in [5, 5.41) is 0.525. The highest BCUT2D eigenvalue weighted by molar-refractivity contribution is 6.31. The minimum Gasteiger partial charge on any atom is -0.456 e. The van der Waals surface area contributed by atoms with Crippen molar-refractivity contribution in [2.24, 2.45) is 11.5 Å². The van der Waals surface area contributed by atoms with Crippen LogP contribution in [0.25, 0.3) is 0 Å². The molecule has 0 spiro atoms. The molecular formula is C14H13ClN2O2. The van der Waals surface area contributed by atoms with Gasteiger partial charge >= 0.3 is 0 Å². The number of nitrogens with two attached hydrogens (primary N) is 2. The Morgan fingerprint density at radius 2 is 1.79 bits per heavy atom. The van der Waals surface area contributed by atoms with Gasteiger partial charge in [0.15, 0.2) is 0 Å². The fourth-order valence-electron chi connectivity index (χ4n) is 1.71. The van der Waals surface area contributed by atoms with Crippen LogP contribution in [0, 0.1) is 0 Å². The number of para-hydroxylation sites is 1. The first-order valence-corrected chi connectivity index (χ1v) is 6.05. The Kier molecular flexibility index (Phi) is 4.04. The van der Waals surface area contributed by atoms with Gasteiger partial charge in [0.1, 0.15) is 11.5 Å². The van der Waals surface area contributed by atoms with E-state index in [0.29, 0.717) is 27.6 Å². The molecule has 0 fully saturated rings. The maximum absolute atomic E-state index is 11.3. The molecular weight excluding hydrogens is 264 g/mol. The largest absolute Gasteiger partial charge is 0.456 e. The number of amides is 1. The zero-order valence-electron chi connectivity index (χ0n) is 10.1. The molecule has 19 heavy (non-hydrogen) atoms. The van der Waals surface area contributed by atoms with Gasteiger partial charge in [-0.2, -0.15) is 0 Å². The Morgan fingerprint density at radius 1 is 1.11 bits per heavy atom. The second-order valence-electron chi connectivity index (χ2n) is 3.88. The molecule has 0 atom stereocenters. The van der Waals surface area contributed by atoms with Crippen molar-refractivity contribution in [2.75, 3.05) is 0 Å². The van der Waals surface area contributed by atoms with E-state index in [9.17, 15) is 4.79 Å². The van der Waals surface area contributed by atoms with E-state index in [1.54, 1.807) is 42.5 Å². The predicted octanol–water partition coefficient (Wildman–Crippen LogP) is 2.69. The molecule has 4 nitrogen and oxygen atoms in total. The van der Waals surface area contributed by atoms with Crippen molar-refractivity contribution in [3.05, 3.63) is 58.6 Å². The highest BCUT2D eigenvalue weighted by atomic mass is 35.5. The van der Waals surface area contributed by atoms with E-state index in [2.05, 4.69) is 0 Å². The van der Waals surface area contributed by atoms with Crippen LogP contribution in [0.3, 0.4) is 0 Å². The fraction of sp³-hybridized carbons (Fsp3) is 0.0714. The van der Waals surface area contributed by atoms with Crippen molar-refractivity contribution in [1.29, 1.82) is 0 Å². The van der Waals surface area contributed by atoms with Gasteiger partial charge in [-0.15, -0.1) is 0 Å². The van der Waals surface area contributed by atoms with Gasteiger partial charge in [-0.1, -0.05) is 29.8 Å². The Labute approximate surface area is 115 Å². The highest BCUT2D eigenvalue weighted by Crippen LogP contribution is 2.31. The fourth-order valence-corrected chi connectivity index (χ4v) is 1.95. The maximum Gasteiger partial charge on any atom is 0.252 e. The third kappa shape index (κ3) is 2.86. The molecule has 2 aromatic carbocycles. The van der Waals surface area contributed by atoms with E-state index < -0.39 is 5.91 Å². The summed E-state index contributed by atoms with van der Waals surface area (Å²) in [6.07, 6.45) is 0. The Hall–Kier alpha value is -2.04. The lowest BCUT2D eigenvalue weighted by atomic mass is 10.1. The molecule has 0 heterocycles. The van der Waals surface area contributed by atoms with Crippen LogP contribution >= 0.6 is 11.6 Å². The Morgan fingerprint density at radius 3 is 2.47 bits per heavy atom. The summed E-state index contributed by atoms with van der Waals surface area (Å²) >= 11 is 6.05. The number of benzene rings is 2. The highest BCUT2D eigenvalue weighted by Gasteiger charge is 2.12. The quantitative estimate of drug-likeness (QED) is 0.901. The number of primary amides is 1. The van der Waals surface area contributed by atoms with E-state index in [1.807, 2.05) is 0 Å². The van der Waals surface area contributed by atoms with Crippen LogP contribution in [0.1, 0.15) is 15.9 Å². The number of ether oxygens (including phenoxy) is 1. The van der Waals surface area contributed by atoms with Crippen LogP contribution in [0.15, 0.2) is 42.5 Å². The van der Waals surface area contributed by atoms with E-state index >= 15 is 0 Å². The van der Waals surface area contributed by atoms with Gasteiger partial charge in [-0.05, 0) is 24.3 Å². The molecule has 0 saturated heterocycles. The van der Waals surface area contributed by atoms with Crippen LogP contribution in [-0.4, -0.2) is 5.91 Å². The maximum atomic E-state index is 11.3. The zero-order chi connectivity index (χ0) is 13.8. The van der Waals surface area contributed by atoms with E-state index in [4.69, 9.17) is 27.8 Å². The lowest BCUT2D eigenvalue weighted by Gasteiger charge is -2.13. The summed E-state index contributed by atoms with van der Waals surface area (Å²) in [5.74, 6) is 0.350. The molecule has 0 aliphatic carbocycles. The third-order valence-electron chi connectivity index (χ3n) is 2.65. The number of hydrogen-bond donors (Lipinski definition) is 2. The summed E-state index contributed by atoms with van der Waals surface area (Å²) in [6, 6.07) is 12.0. The minimum absolute atomic E-state index is 0.244. The van der Waals surface area contributed by atoms with Crippen molar-refractivity contribution >= 4 is 17.5 Å². The van der Waals surface area contributed by atoms with Crippen LogP contribution in [0.4, 0.5) is 0 Å². The van der Waals surface area contributed by atoms with Crippen LogP contribution in [0.5, 0.6) is 11.5 Å². The standard InChI is InChI=1S/C14H13ClN2O2/c15-11-5-3-7-13(10(11)8-16)19-12-6-2-1-4-9(12)14(17)18/h1-7H,8,16H2,(H2,17,18). The van der Waals surface area contributed by atoms with Gasteiger partial charge in [-0.3, -0.25) is 4.79 Å². The van der Waals surface area contributed by atoms with Crippen molar-refractivity contribution in [3.8, 4) is 11.5 Å². The molecule has 0 aliphatic rings. The summed E-state index contributed by atoms with van der Waals surface area (Å²) in [5.41, 5.74) is 11.9. The monoisotopic (exact) mass is 276 g/mol. The molecule has 5 heteroatoms. The van der Waals surface area contributed by atoms with Crippen molar-refractivity contribution in [1.82, 2.24) is 0 Å². The lowest BCUT2D eigenvalue weighted by Crippen LogP contribution is -2.12. The molecule has 2 aromatic rings. The number of hydrogen-bond acceptors (Lipinski definition) is 3. The number of carbonyl (C=O) groups is 1. The third-order valence-corrected chi connectivity index (χ3v) is 3.01. The predicted molar refractivity (Wildman–Crippen MR) is 74.4 cm³/mol. The summed E-state index contributed by atoms with van der Waals surface area (Å²) in [4.78, 5) is 11.3. The first-order chi connectivity index (χ1) is 9.13. The normalized spacial score (nSPS) is 10.2. The molecule has 0 aromatic heterocycles. The van der Waals surface area contributed by atoms with Crippen molar-refractivity contribution in [3.63, 3.8) is 0 Å². The van der Waals surface area contributed by atoms with Gasteiger partial charge in [0.2, 0.25) is 0 Å². The molecule has 0 bridgehead atoms. The average Bonchev–Trinajstić information content (AvgIpc) is 2.39. The molecule has 4 N–H and O–H groups in total. The Balaban J connectivity index is 2.42. The van der Waals surface area contributed by atoms with Crippen molar-refractivity contribution < 1.29 is 9.53 Å². The second kappa shape index (κ2) is 5.73. The van der Waals surface area contributed by atoms with Gasteiger partial charge < -0.3 is 16.2 Å². The SMILES string of the molecule is NCc1c(Cl)cccc1Oc1ccccc1C(N)=O. The average molecular weight is 277 g/mol. The molecule has 98 valence electrons. The molecule has 0 saturated carbocycles. The second-order valence-corrected chi connectivity index (χ2v) is 4.29. The number of rotatable bonds is 4. The minimum atomic E-state index is -0.549. The van der Waals surface area contributed by atoms with Gasteiger partial charge in [-0.25, -0.2) is 0 Å². The van der Waals surface area contributed by atoms with Crippen LogP contribution in [-0.2, 0) is 6.54 Å². The molecule has 2 rings (SSSR count). The number of carbonyl (C=O) groups excluding carboxylic acids is 1. The zero-order valence-corrected chi connectivity index (χ0v) is 10.9. The number of halogens is 1. The van der Waals surface area contributed by atoms with E-state index in [0.717, 1.165) is 0 Å². The van der Waals surface area contributed by atoms with Gasteiger partial charge in [0.05, 0.1) is 5.56 Å². The lowest BCUT2D eigenvalue weighted by molar-refractivity contribution is 0.0998. The van der Waals surface area contributed by atoms with Gasteiger partial charge in [0, 0.05) is 17.1 Å². The van der Waals surface area contributed by atoms with Gasteiger partial charge in [0.25, 0.3) is 5.91 Å². The molecule has 0 radical (unpaired) electrons. The Bertz CT molecular complexity index is 614. The first-order valence-electron chi connectivity index (χ1n) is 5.67. The smallest absolute Gasteiger partial charge is 0.252 e. The summed E-state index contributed by atoms with van der Waals surface area (Å²) in [6.45, 7) is 0.244. The summed E-state index contributed by atoms with van der Waals surface area (Å²) < 4.78 is 5.71. The van der Waals surface area contributed by atoms with E-state index in [-0.39, 0.29) is 6.54 Å². The topological polar surface area (TPSA) is 78.3 Å². The van der Waals surface area contributed by atoms with Crippen molar-refractivity contribution in [2.45, 2.75) is 6.54 Å². The first kappa shape index (κ1) is 13.4. The molecule has 1 amide bonds. The molecule has 0 aliphatic heterocycles. The van der Waals surface area contributed by atoms with Crippen LogP contribution < -0.4 is 16.2 Å². The van der Waals surface area contributed by atoms with E-state index in [1.165, 1.54) is 0 Å².